The number of aromatic nitrogens is 2. The normalized spacial score (nSPS) is 10.2. The number of carbonyl (C=O) groups is 1. The molecule has 0 saturated heterocycles. The van der Waals surface area contributed by atoms with Crippen LogP contribution in [-0.2, 0) is 6.54 Å². The van der Waals surface area contributed by atoms with Crippen molar-refractivity contribution >= 4 is 23.3 Å². The zero-order valence-electron chi connectivity index (χ0n) is 10.2. The molecule has 0 spiro atoms. The van der Waals surface area contributed by atoms with Gasteiger partial charge in [0.2, 0.25) is 0 Å². The Labute approximate surface area is 115 Å². The van der Waals surface area contributed by atoms with Gasteiger partial charge in [0.1, 0.15) is 11.9 Å². The molecular weight excluding hydrogens is 266 g/mol. The second-order valence-corrected chi connectivity index (χ2v) is 4.41. The molecule has 0 aliphatic rings. The Kier molecular flexibility index (Phi) is 3.97. The summed E-state index contributed by atoms with van der Waals surface area (Å²) in [5.41, 5.74) is 2.32. The third-order valence-corrected chi connectivity index (χ3v) is 3.06. The van der Waals surface area contributed by atoms with Crippen molar-refractivity contribution in [2.45, 2.75) is 13.5 Å². The number of nitrogens with zero attached hydrogens (tertiary/aromatic N) is 2. The predicted octanol–water partition coefficient (Wildman–Crippen LogP) is 2.75. The largest absolute Gasteiger partial charge is 0.478 e. The van der Waals surface area contributed by atoms with Crippen molar-refractivity contribution in [1.29, 1.82) is 0 Å². The number of aromatic carboxylic acids is 1. The molecule has 19 heavy (non-hydrogen) atoms. The molecule has 2 rings (SSSR count). The summed E-state index contributed by atoms with van der Waals surface area (Å²) in [5, 5.41) is 12.8. The quantitative estimate of drug-likeness (QED) is 0.899. The van der Waals surface area contributed by atoms with Gasteiger partial charge in [0.25, 0.3) is 0 Å². The number of benzene rings is 1. The number of hydrogen-bond acceptors (Lipinski definition) is 4. The smallest absolute Gasteiger partial charge is 0.339 e. The van der Waals surface area contributed by atoms with E-state index in [4.69, 9.17) is 16.7 Å². The molecule has 0 saturated carbocycles. The van der Waals surface area contributed by atoms with Gasteiger partial charge in [-0.25, -0.2) is 14.8 Å². The van der Waals surface area contributed by atoms with Crippen LogP contribution in [0.25, 0.3) is 0 Å². The van der Waals surface area contributed by atoms with Crippen molar-refractivity contribution in [3.05, 3.63) is 52.6 Å². The minimum atomic E-state index is -1.04. The second kappa shape index (κ2) is 5.67. The third kappa shape index (κ3) is 3.20. The summed E-state index contributed by atoms with van der Waals surface area (Å²) in [6, 6.07) is 5.56. The van der Waals surface area contributed by atoms with Gasteiger partial charge in [-0.05, 0) is 24.6 Å². The van der Waals surface area contributed by atoms with Gasteiger partial charge in [0, 0.05) is 16.9 Å². The number of halogens is 1. The van der Waals surface area contributed by atoms with Gasteiger partial charge in [-0.3, -0.25) is 0 Å². The van der Waals surface area contributed by atoms with Gasteiger partial charge in [0.05, 0.1) is 12.2 Å². The van der Waals surface area contributed by atoms with Crippen LogP contribution in [0.5, 0.6) is 0 Å². The van der Waals surface area contributed by atoms with Crippen LogP contribution in [0, 0.1) is 6.92 Å². The third-order valence-electron chi connectivity index (χ3n) is 2.66. The highest BCUT2D eigenvalue weighted by Gasteiger charge is 2.10. The number of anilines is 1. The first kappa shape index (κ1) is 13.3. The highest BCUT2D eigenvalue weighted by atomic mass is 35.5. The van der Waals surface area contributed by atoms with E-state index in [2.05, 4.69) is 15.3 Å². The molecule has 0 aliphatic heterocycles. The molecule has 0 unspecified atom stereocenters. The Bertz CT molecular complexity index is 617. The minimum Gasteiger partial charge on any atom is -0.478 e. The summed E-state index contributed by atoms with van der Waals surface area (Å²) >= 11 is 6.02. The molecule has 2 aromatic rings. The summed E-state index contributed by atoms with van der Waals surface area (Å²) in [6.45, 7) is 2.21. The van der Waals surface area contributed by atoms with Gasteiger partial charge in [-0.15, -0.1) is 0 Å². The first-order chi connectivity index (χ1) is 9.08. The van der Waals surface area contributed by atoms with Crippen LogP contribution in [0.15, 0.2) is 30.7 Å². The fourth-order valence-corrected chi connectivity index (χ4v) is 1.74. The number of nitrogens with one attached hydrogen (secondary N) is 1. The van der Waals surface area contributed by atoms with E-state index in [0.29, 0.717) is 17.3 Å². The molecule has 1 aromatic heterocycles. The van der Waals surface area contributed by atoms with Gasteiger partial charge in [-0.2, -0.15) is 0 Å². The summed E-state index contributed by atoms with van der Waals surface area (Å²) in [4.78, 5) is 18.7. The monoisotopic (exact) mass is 277 g/mol. The molecule has 6 heteroatoms. The molecule has 1 heterocycles. The first-order valence-corrected chi connectivity index (χ1v) is 5.98. The zero-order chi connectivity index (χ0) is 13.8. The molecule has 5 nitrogen and oxygen atoms in total. The minimum absolute atomic E-state index is 0.0909. The van der Waals surface area contributed by atoms with Gasteiger partial charge in [0.15, 0.2) is 0 Å². The molecule has 0 amide bonds. The average molecular weight is 278 g/mol. The standard InChI is InChI=1S/C13H12ClN3O2/c1-8-2-3-9(4-11(8)14)16-6-12-10(13(18)19)5-15-7-17-12/h2-5,7,16H,6H2,1H3,(H,18,19). The zero-order valence-corrected chi connectivity index (χ0v) is 11.0. The van der Waals surface area contributed by atoms with Gasteiger partial charge >= 0.3 is 5.97 Å². The van der Waals surface area contributed by atoms with Crippen LogP contribution in [0.4, 0.5) is 5.69 Å². The van der Waals surface area contributed by atoms with E-state index in [-0.39, 0.29) is 5.56 Å². The van der Waals surface area contributed by atoms with Crippen LogP contribution in [0.2, 0.25) is 5.02 Å². The van der Waals surface area contributed by atoms with Crippen LogP contribution in [0.3, 0.4) is 0 Å². The van der Waals surface area contributed by atoms with Gasteiger partial charge in [-0.1, -0.05) is 17.7 Å². The fraction of sp³-hybridized carbons (Fsp3) is 0.154. The number of hydrogen-bond donors (Lipinski definition) is 2. The molecule has 98 valence electrons. The molecule has 1 aromatic carbocycles. The van der Waals surface area contributed by atoms with Crippen molar-refractivity contribution in [3.63, 3.8) is 0 Å². The maximum absolute atomic E-state index is 11.0. The van der Waals surface area contributed by atoms with E-state index in [0.717, 1.165) is 11.3 Å². The SMILES string of the molecule is Cc1ccc(NCc2ncncc2C(=O)O)cc1Cl. The lowest BCUT2D eigenvalue weighted by Crippen LogP contribution is -2.10. The molecule has 0 aliphatic carbocycles. The Morgan fingerprint density at radius 1 is 1.47 bits per heavy atom. The maximum atomic E-state index is 11.0. The maximum Gasteiger partial charge on any atom is 0.339 e. The Hall–Kier alpha value is -2.14. The lowest BCUT2D eigenvalue weighted by atomic mass is 10.2. The average Bonchev–Trinajstić information content (AvgIpc) is 2.40. The molecule has 0 fully saturated rings. The van der Waals surface area contributed by atoms with E-state index in [1.165, 1.54) is 12.5 Å². The molecule has 2 N–H and O–H groups in total. The highest BCUT2D eigenvalue weighted by Crippen LogP contribution is 2.20. The Morgan fingerprint density at radius 3 is 2.95 bits per heavy atom. The topological polar surface area (TPSA) is 75.1 Å². The van der Waals surface area contributed by atoms with E-state index in [1.54, 1.807) is 6.07 Å². The van der Waals surface area contributed by atoms with Crippen molar-refractivity contribution in [2.24, 2.45) is 0 Å². The summed E-state index contributed by atoms with van der Waals surface area (Å²) in [6.07, 6.45) is 2.61. The fourth-order valence-electron chi connectivity index (χ4n) is 1.56. The van der Waals surface area contributed by atoms with Crippen LogP contribution in [-0.4, -0.2) is 21.0 Å². The van der Waals surface area contributed by atoms with Crippen molar-refractivity contribution in [2.75, 3.05) is 5.32 Å². The van der Waals surface area contributed by atoms with Crippen LogP contribution < -0.4 is 5.32 Å². The van der Waals surface area contributed by atoms with Gasteiger partial charge < -0.3 is 10.4 Å². The van der Waals surface area contributed by atoms with E-state index < -0.39 is 5.97 Å². The second-order valence-electron chi connectivity index (χ2n) is 4.01. The lowest BCUT2D eigenvalue weighted by molar-refractivity contribution is 0.0694. The number of carboxylic acids is 1. The van der Waals surface area contributed by atoms with Crippen LogP contribution in [0.1, 0.15) is 21.6 Å². The molecule has 0 bridgehead atoms. The number of carboxylic acid groups (broad SMARTS) is 1. The van der Waals surface area contributed by atoms with E-state index >= 15 is 0 Å². The molecular formula is C13H12ClN3O2. The van der Waals surface area contributed by atoms with E-state index in [9.17, 15) is 4.79 Å². The summed E-state index contributed by atoms with van der Waals surface area (Å²) in [7, 11) is 0. The Balaban J connectivity index is 2.14. The van der Waals surface area contributed by atoms with Crippen molar-refractivity contribution < 1.29 is 9.90 Å². The summed E-state index contributed by atoms with van der Waals surface area (Å²) < 4.78 is 0. The first-order valence-electron chi connectivity index (χ1n) is 5.60. The Morgan fingerprint density at radius 2 is 2.26 bits per heavy atom. The van der Waals surface area contributed by atoms with Crippen LogP contribution >= 0.6 is 11.6 Å². The molecule has 0 radical (unpaired) electrons. The number of rotatable bonds is 4. The summed E-state index contributed by atoms with van der Waals surface area (Å²) in [5.74, 6) is -1.04. The van der Waals surface area contributed by atoms with E-state index in [1.807, 2.05) is 19.1 Å². The molecule has 0 atom stereocenters. The van der Waals surface area contributed by atoms with Crippen molar-refractivity contribution in [3.8, 4) is 0 Å². The lowest BCUT2D eigenvalue weighted by Gasteiger charge is -2.09. The van der Waals surface area contributed by atoms with Crippen molar-refractivity contribution in [1.82, 2.24) is 9.97 Å². The predicted molar refractivity (Wildman–Crippen MR) is 72.5 cm³/mol. The highest BCUT2D eigenvalue weighted by molar-refractivity contribution is 6.31. The number of aryl methyl sites for hydroxylation is 1.